The molecule has 0 saturated carbocycles. The fourth-order valence-corrected chi connectivity index (χ4v) is 1.70. The van der Waals surface area contributed by atoms with E-state index in [1.54, 1.807) is 32.0 Å². The Morgan fingerprint density at radius 3 is 2.57 bits per heavy atom. The van der Waals surface area contributed by atoms with E-state index in [4.69, 9.17) is 16.3 Å². The van der Waals surface area contributed by atoms with Gasteiger partial charge in [-0.2, -0.15) is 0 Å². The molecule has 0 atom stereocenters. The van der Waals surface area contributed by atoms with Crippen LogP contribution >= 0.6 is 27.5 Å². The molecule has 0 fully saturated rings. The molecule has 0 spiro atoms. The Morgan fingerprint density at radius 1 is 1.43 bits per heavy atom. The zero-order valence-electron chi connectivity index (χ0n) is 8.05. The number of hydrogen-bond acceptors (Lipinski definition) is 2. The third-order valence-corrected chi connectivity index (χ3v) is 2.10. The van der Waals surface area contributed by atoms with Gasteiger partial charge in [-0.05, 0) is 32.0 Å². The van der Waals surface area contributed by atoms with Gasteiger partial charge >= 0.3 is 0 Å². The molecule has 0 unspecified atom stereocenters. The Bertz CT molecular complexity index is 300. The number of benzene rings is 1. The van der Waals surface area contributed by atoms with Gasteiger partial charge in [0, 0.05) is 9.50 Å². The van der Waals surface area contributed by atoms with Gasteiger partial charge in [0.25, 0.3) is 0 Å². The molecule has 1 aromatic rings. The van der Waals surface area contributed by atoms with Gasteiger partial charge in [-0.1, -0.05) is 27.5 Å². The predicted molar refractivity (Wildman–Crippen MR) is 60.9 cm³/mol. The Kier molecular flexibility index (Phi) is 3.81. The van der Waals surface area contributed by atoms with Crippen LogP contribution in [0.15, 0.2) is 22.7 Å². The minimum absolute atomic E-state index is 0.236. The van der Waals surface area contributed by atoms with Crippen molar-refractivity contribution in [3.8, 4) is 5.75 Å². The summed E-state index contributed by atoms with van der Waals surface area (Å²) < 4.78 is 6.22. The largest absolute Gasteiger partial charge is 0.491 e. The monoisotopic (exact) mass is 278 g/mol. The molecule has 0 heterocycles. The highest BCUT2D eigenvalue weighted by Crippen LogP contribution is 2.25. The summed E-state index contributed by atoms with van der Waals surface area (Å²) in [4.78, 5) is 0. The lowest BCUT2D eigenvalue weighted by Crippen LogP contribution is -2.27. The first-order valence-electron chi connectivity index (χ1n) is 4.18. The minimum atomic E-state index is -0.838. The third-order valence-electron chi connectivity index (χ3n) is 1.43. The van der Waals surface area contributed by atoms with Crippen LogP contribution in [-0.2, 0) is 0 Å². The lowest BCUT2D eigenvalue weighted by atomic mass is 10.2. The van der Waals surface area contributed by atoms with Crippen LogP contribution in [0, 0.1) is 0 Å². The SMILES string of the molecule is CC(C)(O)COc1cc(Cl)cc(Br)c1. The lowest BCUT2D eigenvalue weighted by molar-refractivity contribution is 0.0285. The van der Waals surface area contributed by atoms with Crippen LogP contribution < -0.4 is 4.74 Å². The highest BCUT2D eigenvalue weighted by atomic mass is 79.9. The van der Waals surface area contributed by atoms with E-state index in [0.29, 0.717) is 10.8 Å². The van der Waals surface area contributed by atoms with Crippen molar-refractivity contribution in [2.24, 2.45) is 0 Å². The van der Waals surface area contributed by atoms with Crippen molar-refractivity contribution in [2.75, 3.05) is 6.61 Å². The number of rotatable bonds is 3. The van der Waals surface area contributed by atoms with Crippen molar-refractivity contribution < 1.29 is 9.84 Å². The molecule has 1 aromatic carbocycles. The molecule has 0 radical (unpaired) electrons. The second-order valence-electron chi connectivity index (χ2n) is 3.71. The van der Waals surface area contributed by atoms with Crippen molar-refractivity contribution >= 4 is 27.5 Å². The summed E-state index contributed by atoms with van der Waals surface area (Å²) in [5, 5.41) is 10.0. The summed E-state index contributed by atoms with van der Waals surface area (Å²) in [6.45, 7) is 3.61. The molecule has 0 aliphatic rings. The lowest BCUT2D eigenvalue weighted by Gasteiger charge is -2.17. The number of ether oxygens (including phenoxy) is 1. The second-order valence-corrected chi connectivity index (χ2v) is 5.06. The van der Waals surface area contributed by atoms with Crippen LogP contribution in [0.4, 0.5) is 0 Å². The summed E-state index contributed by atoms with van der Waals surface area (Å²) in [7, 11) is 0. The van der Waals surface area contributed by atoms with Gasteiger partial charge < -0.3 is 9.84 Å². The van der Waals surface area contributed by atoms with E-state index < -0.39 is 5.60 Å². The summed E-state index contributed by atoms with van der Waals surface area (Å²) in [6.07, 6.45) is 0. The molecule has 0 bridgehead atoms. The van der Waals surface area contributed by atoms with E-state index in [2.05, 4.69) is 15.9 Å². The summed E-state index contributed by atoms with van der Waals surface area (Å²) in [5.74, 6) is 0.645. The molecule has 78 valence electrons. The number of hydrogen-bond donors (Lipinski definition) is 1. The van der Waals surface area contributed by atoms with Crippen LogP contribution in [0.25, 0.3) is 0 Å². The first kappa shape index (κ1) is 11.8. The molecule has 0 amide bonds. The van der Waals surface area contributed by atoms with E-state index in [9.17, 15) is 5.11 Å². The maximum atomic E-state index is 9.45. The van der Waals surface area contributed by atoms with E-state index in [-0.39, 0.29) is 6.61 Å². The van der Waals surface area contributed by atoms with E-state index in [1.807, 2.05) is 0 Å². The Hall–Kier alpha value is -0.250. The molecular weight excluding hydrogens is 267 g/mol. The zero-order chi connectivity index (χ0) is 10.8. The van der Waals surface area contributed by atoms with Gasteiger partial charge in [-0.15, -0.1) is 0 Å². The van der Waals surface area contributed by atoms with Crippen molar-refractivity contribution in [1.82, 2.24) is 0 Å². The normalized spacial score (nSPS) is 11.5. The van der Waals surface area contributed by atoms with Gasteiger partial charge in [0.05, 0.1) is 5.60 Å². The molecule has 2 nitrogen and oxygen atoms in total. The molecule has 1 rings (SSSR count). The number of halogens is 2. The van der Waals surface area contributed by atoms with Crippen LogP contribution in [-0.4, -0.2) is 17.3 Å². The van der Waals surface area contributed by atoms with E-state index in [1.165, 1.54) is 0 Å². The second kappa shape index (κ2) is 4.51. The molecule has 0 aliphatic heterocycles. The third kappa shape index (κ3) is 4.31. The zero-order valence-corrected chi connectivity index (χ0v) is 10.4. The van der Waals surface area contributed by atoms with Crippen molar-refractivity contribution in [3.05, 3.63) is 27.7 Å². The standard InChI is InChI=1S/C10H12BrClO2/c1-10(2,13)6-14-9-4-7(11)3-8(12)5-9/h3-5,13H,6H2,1-2H3. The molecule has 14 heavy (non-hydrogen) atoms. The Balaban J connectivity index is 2.68. The fourth-order valence-electron chi connectivity index (χ4n) is 0.872. The van der Waals surface area contributed by atoms with Gasteiger partial charge in [-0.3, -0.25) is 0 Å². The Morgan fingerprint density at radius 2 is 2.07 bits per heavy atom. The van der Waals surface area contributed by atoms with Crippen molar-refractivity contribution in [3.63, 3.8) is 0 Å². The summed E-state index contributed by atoms with van der Waals surface area (Å²) >= 11 is 9.13. The van der Waals surface area contributed by atoms with Gasteiger partial charge in [0.15, 0.2) is 0 Å². The predicted octanol–water partition coefficient (Wildman–Crippen LogP) is 3.25. The first-order valence-corrected chi connectivity index (χ1v) is 5.35. The molecule has 0 aromatic heterocycles. The Labute approximate surface area is 97.0 Å². The molecule has 4 heteroatoms. The van der Waals surface area contributed by atoms with E-state index >= 15 is 0 Å². The molecular formula is C10H12BrClO2. The molecule has 0 saturated heterocycles. The minimum Gasteiger partial charge on any atom is -0.491 e. The van der Waals surface area contributed by atoms with Gasteiger partial charge in [0.2, 0.25) is 0 Å². The average Bonchev–Trinajstić information content (AvgIpc) is 1.97. The smallest absolute Gasteiger partial charge is 0.122 e. The fraction of sp³-hybridized carbons (Fsp3) is 0.400. The number of aliphatic hydroxyl groups is 1. The highest BCUT2D eigenvalue weighted by molar-refractivity contribution is 9.10. The molecule has 0 aliphatic carbocycles. The maximum absolute atomic E-state index is 9.45. The van der Waals surface area contributed by atoms with E-state index in [0.717, 1.165) is 4.47 Å². The topological polar surface area (TPSA) is 29.5 Å². The summed E-state index contributed by atoms with van der Waals surface area (Å²) in [6, 6.07) is 5.29. The summed E-state index contributed by atoms with van der Waals surface area (Å²) in [5.41, 5.74) is -0.838. The average molecular weight is 280 g/mol. The van der Waals surface area contributed by atoms with Crippen LogP contribution in [0.3, 0.4) is 0 Å². The van der Waals surface area contributed by atoms with Gasteiger partial charge in [0.1, 0.15) is 12.4 Å². The highest BCUT2D eigenvalue weighted by Gasteiger charge is 2.13. The van der Waals surface area contributed by atoms with Crippen LogP contribution in [0.5, 0.6) is 5.75 Å². The van der Waals surface area contributed by atoms with Gasteiger partial charge in [-0.25, -0.2) is 0 Å². The first-order chi connectivity index (χ1) is 6.37. The van der Waals surface area contributed by atoms with Crippen LogP contribution in [0.2, 0.25) is 5.02 Å². The van der Waals surface area contributed by atoms with Crippen LogP contribution in [0.1, 0.15) is 13.8 Å². The maximum Gasteiger partial charge on any atom is 0.122 e. The van der Waals surface area contributed by atoms with Crippen molar-refractivity contribution in [2.45, 2.75) is 19.4 Å². The molecule has 1 N–H and O–H groups in total. The quantitative estimate of drug-likeness (QED) is 0.920. The van der Waals surface area contributed by atoms with Crippen molar-refractivity contribution in [1.29, 1.82) is 0 Å².